The van der Waals surface area contributed by atoms with Crippen molar-refractivity contribution in [3.8, 4) is 17.2 Å². The minimum absolute atomic E-state index is 0.516. The minimum Gasteiger partial charge on any atom is -0.547 e. The van der Waals surface area contributed by atoms with Gasteiger partial charge in [-0.25, -0.2) is 0 Å². The highest BCUT2D eigenvalue weighted by Gasteiger charge is 2.09. The van der Waals surface area contributed by atoms with Crippen LogP contribution in [0.3, 0.4) is 0 Å². The number of hydrogen-bond acceptors (Lipinski definition) is 3. The molecule has 0 aliphatic heterocycles. The lowest BCUT2D eigenvalue weighted by Gasteiger charge is -2.13. The van der Waals surface area contributed by atoms with Crippen LogP contribution in [0.25, 0.3) is 0 Å². The maximum absolute atomic E-state index is 5.93. The molecule has 1 aromatic rings. The van der Waals surface area contributed by atoms with Crippen LogP contribution in [-0.2, 0) is 0 Å². The molecule has 4 heteroatoms. The molecule has 0 saturated carbocycles. The summed E-state index contributed by atoms with van der Waals surface area (Å²) >= 11 is 0. The third kappa shape index (κ3) is 5.86. The SMILES string of the molecule is CCCCCCCC[SiH2]Oc1cccc(OC)c1OC. The van der Waals surface area contributed by atoms with Gasteiger partial charge in [-0.05, 0) is 18.2 Å². The predicted octanol–water partition coefficient (Wildman–Crippen LogP) is 3.95. The van der Waals surface area contributed by atoms with Gasteiger partial charge in [0, 0.05) is 0 Å². The van der Waals surface area contributed by atoms with E-state index in [-0.39, 0.29) is 0 Å². The van der Waals surface area contributed by atoms with E-state index in [1.54, 1.807) is 14.2 Å². The van der Waals surface area contributed by atoms with E-state index < -0.39 is 9.76 Å². The second-order valence-electron chi connectivity index (χ2n) is 4.96. The number of hydrogen-bond donors (Lipinski definition) is 0. The van der Waals surface area contributed by atoms with Crippen LogP contribution in [0.5, 0.6) is 17.2 Å². The zero-order chi connectivity index (χ0) is 14.6. The summed E-state index contributed by atoms with van der Waals surface area (Å²) < 4.78 is 16.6. The van der Waals surface area contributed by atoms with Crippen LogP contribution >= 0.6 is 0 Å². The third-order valence-corrected chi connectivity index (χ3v) is 4.68. The molecule has 0 heterocycles. The van der Waals surface area contributed by atoms with E-state index in [2.05, 4.69) is 6.92 Å². The summed E-state index contributed by atoms with van der Waals surface area (Å²) in [7, 11) is 2.78. The fourth-order valence-electron chi connectivity index (χ4n) is 2.21. The summed E-state index contributed by atoms with van der Waals surface area (Å²) in [6.45, 7) is 2.25. The summed E-state index contributed by atoms with van der Waals surface area (Å²) in [4.78, 5) is 0. The van der Waals surface area contributed by atoms with E-state index >= 15 is 0 Å². The molecule has 1 rings (SSSR count). The van der Waals surface area contributed by atoms with Crippen molar-refractivity contribution < 1.29 is 13.9 Å². The molecule has 0 amide bonds. The Morgan fingerprint density at radius 1 is 0.900 bits per heavy atom. The van der Waals surface area contributed by atoms with Crippen LogP contribution in [0.1, 0.15) is 45.4 Å². The van der Waals surface area contributed by atoms with Gasteiger partial charge in [-0.2, -0.15) is 0 Å². The average Bonchev–Trinajstić information content (AvgIpc) is 2.49. The molecule has 0 unspecified atom stereocenters. The Hall–Kier alpha value is -1.16. The Morgan fingerprint density at radius 3 is 2.30 bits per heavy atom. The first-order valence-electron chi connectivity index (χ1n) is 7.67. The van der Waals surface area contributed by atoms with Gasteiger partial charge in [0.15, 0.2) is 5.75 Å². The maximum atomic E-state index is 5.93. The highest BCUT2D eigenvalue weighted by Crippen LogP contribution is 2.36. The van der Waals surface area contributed by atoms with Crippen molar-refractivity contribution in [2.75, 3.05) is 14.2 Å². The number of ether oxygens (including phenoxy) is 2. The van der Waals surface area contributed by atoms with Crippen LogP contribution in [0, 0.1) is 0 Å². The summed E-state index contributed by atoms with van der Waals surface area (Å²) in [5.74, 6) is 2.27. The van der Waals surface area contributed by atoms with Gasteiger partial charge in [-0.3, -0.25) is 0 Å². The van der Waals surface area contributed by atoms with Crippen molar-refractivity contribution in [2.24, 2.45) is 0 Å². The topological polar surface area (TPSA) is 27.7 Å². The van der Waals surface area contributed by atoms with Gasteiger partial charge < -0.3 is 13.9 Å². The first-order chi connectivity index (χ1) is 9.83. The molecule has 0 spiro atoms. The number of methoxy groups -OCH3 is 2. The molecular weight excluding hydrogens is 268 g/mol. The van der Waals surface area contributed by atoms with Gasteiger partial charge in [0.25, 0.3) is 0 Å². The van der Waals surface area contributed by atoms with E-state index in [0.717, 1.165) is 11.5 Å². The van der Waals surface area contributed by atoms with Crippen molar-refractivity contribution in [3.63, 3.8) is 0 Å². The Balaban J connectivity index is 2.25. The zero-order valence-corrected chi connectivity index (χ0v) is 14.5. The summed E-state index contributed by atoms with van der Waals surface area (Å²) in [5.41, 5.74) is 0. The largest absolute Gasteiger partial charge is 0.547 e. The summed E-state index contributed by atoms with van der Waals surface area (Å²) in [6.07, 6.45) is 8.06. The van der Waals surface area contributed by atoms with Crippen molar-refractivity contribution in [3.05, 3.63) is 18.2 Å². The molecule has 0 saturated heterocycles. The van der Waals surface area contributed by atoms with Gasteiger partial charge in [0.05, 0.1) is 14.2 Å². The van der Waals surface area contributed by atoms with Crippen LogP contribution < -0.4 is 13.9 Å². The molecule has 0 N–H and O–H groups in total. The van der Waals surface area contributed by atoms with Gasteiger partial charge in [0.2, 0.25) is 15.5 Å². The second-order valence-corrected chi connectivity index (χ2v) is 6.37. The predicted molar refractivity (Wildman–Crippen MR) is 86.9 cm³/mol. The van der Waals surface area contributed by atoms with Crippen molar-refractivity contribution in [1.82, 2.24) is 0 Å². The van der Waals surface area contributed by atoms with E-state index in [9.17, 15) is 0 Å². The number of unbranched alkanes of at least 4 members (excludes halogenated alkanes) is 5. The number of benzene rings is 1. The molecule has 20 heavy (non-hydrogen) atoms. The highest BCUT2D eigenvalue weighted by molar-refractivity contribution is 6.28. The van der Waals surface area contributed by atoms with Crippen LogP contribution in [0.4, 0.5) is 0 Å². The van der Waals surface area contributed by atoms with Crippen LogP contribution in [0.2, 0.25) is 6.04 Å². The maximum Gasteiger partial charge on any atom is 0.219 e. The standard InChI is InChI=1S/C16H28O3Si/c1-4-5-6-7-8-9-13-20-19-15-12-10-11-14(17-2)16(15)18-3/h10-12H,4-9,13,20H2,1-3H3. The third-order valence-electron chi connectivity index (χ3n) is 3.37. The van der Waals surface area contributed by atoms with Crippen LogP contribution in [-0.4, -0.2) is 24.0 Å². The van der Waals surface area contributed by atoms with Gasteiger partial charge in [0.1, 0.15) is 5.75 Å². The van der Waals surface area contributed by atoms with Gasteiger partial charge in [-0.15, -0.1) is 0 Å². The van der Waals surface area contributed by atoms with Crippen LogP contribution in [0.15, 0.2) is 18.2 Å². The molecule has 0 atom stereocenters. The fraction of sp³-hybridized carbons (Fsp3) is 0.625. The molecule has 114 valence electrons. The number of rotatable bonds is 11. The molecule has 0 fully saturated rings. The minimum atomic E-state index is -0.516. The normalized spacial score (nSPS) is 10.9. The Morgan fingerprint density at radius 2 is 1.60 bits per heavy atom. The van der Waals surface area contributed by atoms with Gasteiger partial charge in [-0.1, -0.05) is 51.5 Å². The lowest BCUT2D eigenvalue weighted by atomic mass is 10.1. The number of para-hydroxylation sites is 1. The molecule has 0 radical (unpaired) electrons. The molecule has 0 aliphatic rings. The summed E-state index contributed by atoms with van der Waals surface area (Å²) in [6, 6.07) is 7.01. The molecule has 3 nitrogen and oxygen atoms in total. The van der Waals surface area contributed by atoms with Crippen molar-refractivity contribution in [1.29, 1.82) is 0 Å². The molecule has 0 aliphatic carbocycles. The molecule has 0 bridgehead atoms. The lowest BCUT2D eigenvalue weighted by Crippen LogP contribution is -2.03. The first kappa shape index (κ1) is 16.9. The van der Waals surface area contributed by atoms with E-state index in [1.165, 1.54) is 44.6 Å². The smallest absolute Gasteiger partial charge is 0.219 e. The van der Waals surface area contributed by atoms with Crippen molar-refractivity contribution in [2.45, 2.75) is 51.5 Å². The van der Waals surface area contributed by atoms with E-state index in [1.807, 2.05) is 18.2 Å². The Labute approximate surface area is 125 Å². The van der Waals surface area contributed by atoms with E-state index in [0.29, 0.717) is 5.75 Å². The van der Waals surface area contributed by atoms with E-state index in [4.69, 9.17) is 13.9 Å². The fourth-order valence-corrected chi connectivity index (χ4v) is 3.36. The monoisotopic (exact) mass is 296 g/mol. The first-order valence-corrected chi connectivity index (χ1v) is 9.25. The summed E-state index contributed by atoms with van der Waals surface area (Å²) in [5, 5.41) is 0. The highest BCUT2D eigenvalue weighted by atomic mass is 28.2. The Kier molecular flexibility index (Phi) is 8.95. The molecule has 1 aromatic carbocycles. The molecule has 0 aromatic heterocycles. The second kappa shape index (κ2) is 10.6. The Bertz CT molecular complexity index is 369. The molecular formula is C16H28O3Si. The average molecular weight is 296 g/mol. The quantitative estimate of drug-likeness (QED) is 0.457. The zero-order valence-electron chi connectivity index (χ0n) is 13.1. The van der Waals surface area contributed by atoms with Gasteiger partial charge >= 0.3 is 0 Å². The van der Waals surface area contributed by atoms with Crippen molar-refractivity contribution >= 4 is 9.76 Å². The lowest BCUT2D eigenvalue weighted by molar-refractivity contribution is 0.344.